The highest BCUT2D eigenvalue weighted by atomic mass is 35.5. The molecule has 1 aromatic carbocycles. The van der Waals surface area contributed by atoms with Gasteiger partial charge in [-0.15, -0.1) is 0 Å². The van der Waals surface area contributed by atoms with E-state index in [1.54, 1.807) is 30.3 Å². The molecule has 2 aromatic rings. The van der Waals surface area contributed by atoms with E-state index in [2.05, 4.69) is 10.1 Å². The van der Waals surface area contributed by atoms with Crippen LogP contribution in [0.2, 0.25) is 10.2 Å². The standard InChI is InChI=1S/C13H8Cl2N2O2/c14-11-6-2-1-4-9(11)8-17-19-13(18)10-5-3-7-16-12(10)15/h1-8H/b17-8-. The zero-order chi connectivity index (χ0) is 13.7. The smallest absolute Gasteiger partial charge is 0.313 e. The van der Waals surface area contributed by atoms with Crippen molar-refractivity contribution >= 4 is 35.4 Å². The molecule has 0 saturated carbocycles. The summed E-state index contributed by atoms with van der Waals surface area (Å²) in [5.74, 6) is -0.679. The Hall–Kier alpha value is -1.91. The van der Waals surface area contributed by atoms with Gasteiger partial charge in [0.2, 0.25) is 0 Å². The Morgan fingerprint density at radius 2 is 2.00 bits per heavy atom. The maximum atomic E-state index is 11.6. The van der Waals surface area contributed by atoms with Crippen LogP contribution in [0.1, 0.15) is 15.9 Å². The van der Waals surface area contributed by atoms with Crippen LogP contribution < -0.4 is 0 Å². The summed E-state index contributed by atoms with van der Waals surface area (Å²) in [4.78, 5) is 20.1. The molecule has 1 aromatic heterocycles. The predicted molar refractivity (Wildman–Crippen MR) is 73.7 cm³/mol. The molecule has 0 fully saturated rings. The zero-order valence-corrected chi connectivity index (χ0v) is 11.1. The van der Waals surface area contributed by atoms with Crippen molar-refractivity contribution in [2.45, 2.75) is 0 Å². The van der Waals surface area contributed by atoms with Crippen molar-refractivity contribution in [1.29, 1.82) is 0 Å². The molecule has 0 radical (unpaired) electrons. The van der Waals surface area contributed by atoms with E-state index in [0.717, 1.165) is 0 Å². The number of benzene rings is 1. The molecule has 0 unspecified atom stereocenters. The normalized spacial score (nSPS) is 10.6. The van der Waals surface area contributed by atoms with Crippen LogP contribution in [-0.4, -0.2) is 17.2 Å². The van der Waals surface area contributed by atoms with Crippen molar-refractivity contribution in [1.82, 2.24) is 4.98 Å². The molecular formula is C13H8Cl2N2O2. The lowest BCUT2D eigenvalue weighted by molar-refractivity contribution is 0.0519. The monoisotopic (exact) mass is 294 g/mol. The van der Waals surface area contributed by atoms with Gasteiger partial charge in [-0.25, -0.2) is 9.78 Å². The zero-order valence-electron chi connectivity index (χ0n) is 9.59. The molecule has 0 spiro atoms. The summed E-state index contributed by atoms with van der Waals surface area (Å²) in [6.45, 7) is 0. The summed E-state index contributed by atoms with van der Waals surface area (Å²) in [5, 5.41) is 4.16. The second-order valence-electron chi connectivity index (χ2n) is 3.48. The van der Waals surface area contributed by atoms with E-state index in [0.29, 0.717) is 10.6 Å². The highest BCUT2D eigenvalue weighted by Gasteiger charge is 2.11. The molecular weight excluding hydrogens is 287 g/mol. The Labute approximate surface area is 119 Å². The van der Waals surface area contributed by atoms with E-state index in [9.17, 15) is 4.79 Å². The topological polar surface area (TPSA) is 51.5 Å². The number of rotatable bonds is 3. The molecule has 2 rings (SSSR count). The van der Waals surface area contributed by atoms with Crippen LogP contribution in [0.5, 0.6) is 0 Å². The first kappa shape index (κ1) is 13.5. The van der Waals surface area contributed by atoms with E-state index >= 15 is 0 Å². The van der Waals surface area contributed by atoms with E-state index < -0.39 is 5.97 Å². The van der Waals surface area contributed by atoms with Gasteiger partial charge in [0.25, 0.3) is 0 Å². The van der Waals surface area contributed by atoms with Crippen molar-refractivity contribution in [3.05, 3.63) is 63.9 Å². The average Bonchev–Trinajstić information content (AvgIpc) is 2.41. The van der Waals surface area contributed by atoms with Crippen LogP contribution in [0, 0.1) is 0 Å². The SMILES string of the molecule is O=C(O/N=C\c1ccccc1Cl)c1cccnc1Cl. The van der Waals surface area contributed by atoms with Gasteiger partial charge < -0.3 is 4.84 Å². The number of carbonyl (C=O) groups excluding carboxylic acids is 1. The van der Waals surface area contributed by atoms with Gasteiger partial charge in [0, 0.05) is 16.8 Å². The Kier molecular flexibility index (Phi) is 4.49. The highest BCUT2D eigenvalue weighted by molar-refractivity contribution is 6.33. The van der Waals surface area contributed by atoms with Crippen LogP contribution in [0.3, 0.4) is 0 Å². The number of hydrogen-bond acceptors (Lipinski definition) is 4. The minimum atomic E-state index is -0.679. The van der Waals surface area contributed by atoms with Crippen LogP contribution in [0.25, 0.3) is 0 Å². The number of carbonyl (C=O) groups is 1. The minimum Gasteiger partial charge on any atom is -0.313 e. The van der Waals surface area contributed by atoms with Crippen molar-refractivity contribution < 1.29 is 9.63 Å². The second-order valence-corrected chi connectivity index (χ2v) is 4.24. The molecule has 0 aliphatic rings. The maximum absolute atomic E-state index is 11.6. The molecule has 0 aliphatic heterocycles. The lowest BCUT2D eigenvalue weighted by Gasteiger charge is -1.99. The van der Waals surface area contributed by atoms with Crippen molar-refractivity contribution in [2.24, 2.45) is 5.16 Å². The number of aromatic nitrogens is 1. The van der Waals surface area contributed by atoms with Crippen molar-refractivity contribution in [3.8, 4) is 0 Å². The fourth-order valence-corrected chi connectivity index (χ4v) is 1.68. The summed E-state index contributed by atoms with van der Waals surface area (Å²) in [6, 6.07) is 10.1. The van der Waals surface area contributed by atoms with Gasteiger partial charge in [-0.3, -0.25) is 0 Å². The van der Waals surface area contributed by atoms with Crippen LogP contribution in [0.4, 0.5) is 0 Å². The van der Waals surface area contributed by atoms with Crippen LogP contribution in [0.15, 0.2) is 47.8 Å². The molecule has 19 heavy (non-hydrogen) atoms. The quantitative estimate of drug-likeness (QED) is 0.376. The maximum Gasteiger partial charge on any atom is 0.368 e. The number of hydrogen-bond donors (Lipinski definition) is 0. The van der Waals surface area contributed by atoms with E-state index in [-0.39, 0.29) is 10.7 Å². The van der Waals surface area contributed by atoms with E-state index in [1.165, 1.54) is 18.5 Å². The fourth-order valence-electron chi connectivity index (χ4n) is 1.30. The molecule has 6 heteroatoms. The molecule has 0 aliphatic carbocycles. The predicted octanol–water partition coefficient (Wildman–Crippen LogP) is 3.58. The number of halogens is 2. The van der Waals surface area contributed by atoms with Gasteiger partial charge in [-0.1, -0.05) is 46.6 Å². The van der Waals surface area contributed by atoms with Crippen LogP contribution >= 0.6 is 23.2 Å². The number of nitrogens with zero attached hydrogens (tertiary/aromatic N) is 2. The van der Waals surface area contributed by atoms with Crippen LogP contribution in [-0.2, 0) is 4.84 Å². The Morgan fingerprint density at radius 1 is 1.21 bits per heavy atom. The first-order valence-electron chi connectivity index (χ1n) is 5.28. The Bertz CT molecular complexity index is 630. The third kappa shape index (κ3) is 3.53. The molecule has 0 atom stereocenters. The molecule has 96 valence electrons. The third-order valence-corrected chi connectivity index (χ3v) is 2.86. The lowest BCUT2D eigenvalue weighted by Crippen LogP contribution is -2.02. The third-order valence-electron chi connectivity index (χ3n) is 2.21. The van der Waals surface area contributed by atoms with Gasteiger partial charge in [0.1, 0.15) is 5.15 Å². The van der Waals surface area contributed by atoms with Gasteiger partial charge in [0.15, 0.2) is 0 Å². The molecule has 0 bridgehead atoms. The van der Waals surface area contributed by atoms with Gasteiger partial charge in [-0.2, -0.15) is 0 Å². The van der Waals surface area contributed by atoms with Gasteiger partial charge >= 0.3 is 5.97 Å². The average molecular weight is 295 g/mol. The summed E-state index contributed by atoms with van der Waals surface area (Å²) < 4.78 is 0. The highest BCUT2D eigenvalue weighted by Crippen LogP contribution is 2.14. The summed E-state index contributed by atoms with van der Waals surface area (Å²) >= 11 is 11.7. The van der Waals surface area contributed by atoms with E-state index in [1.807, 2.05) is 0 Å². The minimum absolute atomic E-state index is 0.0699. The molecule has 4 nitrogen and oxygen atoms in total. The van der Waals surface area contributed by atoms with E-state index in [4.69, 9.17) is 28.0 Å². The number of oxime groups is 1. The first-order chi connectivity index (χ1) is 9.18. The summed E-state index contributed by atoms with van der Waals surface area (Å²) in [7, 11) is 0. The van der Waals surface area contributed by atoms with Gasteiger partial charge in [-0.05, 0) is 18.2 Å². The number of pyridine rings is 1. The Balaban J connectivity index is 2.06. The second kappa shape index (κ2) is 6.31. The molecule has 0 amide bonds. The van der Waals surface area contributed by atoms with Crippen molar-refractivity contribution in [3.63, 3.8) is 0 Å². The molecule has 0 saturated heterocycles. The van der Waals surface area contributed by atoms with Gasteiger partial charge in [0.05, 0.1) is 11.8 Å². The Morgan fingerprint density at radius 3 is 2.74 bits per heavy atom. The first-order valence-corrected chi connectivity index (χ1v) is 6.04. The molecule has 0 N–H and O–H groups in total. The van der Waals surface area contributed by atoms with Crippen molar-refractivity contribution in [2.75, 3.05) is 0 Å². The summed E-state index contributed by atoms with van der Waals surface area (Å²) in [5.41, 5.74) is 0.801. The fraction of sp³-hybridized carbons (Fsp3) is 0. The largest absolute Gasteiger partial charge is 0.368 e. The molecule has 1 heterocycles. The lowest BCUT2D eigenvalue weighted by atomic mass is 10.2. The summed E-state index contributed by atoms with van der Waals surface area (Å²) in [6.07, 6.45) is 2.83.